The van der Waals surface area contributed by atoms with Crippen LogP contribution >= 0.6 is 22.9 Å². The minimum atomic E-state index is -0.958. The topological polar surface area (TPSA) is 79.2 Å². The molecule has 0 aliphatic heterocycles. The molecule has 0 bridgehead atoms. The van der Waals surface area contributed by atoms with E-state index in [4.69, 9.17) is 16.3 Å². The van der Waals surface area contributed by atoms with Crippen LogP contribution in [0.5, 0.6) is 0 Å². The van der Waals surface area contributed by atoms with Gasteiger partial charge in [0, 0.05) is 0 Å². The zero-order valence-electron chi connectivity index (χ0n) is 12.2. The predicted molar refractivity (Wildman–Crippen MR) is 83.8 cm³/mol. The van der Waals surface area contributed by atoms with Gasteiger partial charge in [-0.15, -0.1) is 11.3 Å². The van der Waals surface area contributed by atoms with Crippen molar-refractivity contribution >= 4 is 34.8 Å². The average molecular weight is 341 g/mol. The van der Waals surface area contributed by atoms with Gasteiger partial charge in [0.05, 0.1) is 10.4 Å². The Labute approximate surface area is 138 Å². The molecule has 5 nitrogen and oxygen atoms in total. The maximum Gasteiger partial charge on any atom is 0.349 e. The molecule has 0 spiro atoms. The van der Waals surface area contributed by atoms with E-state index < -0.39 is 23.5 Å². The van der Waals surface area contributed by atoms with E-state index >= 15 is 0 Å². The fourth-order valence-electron chi connectivity index (χ4n) is 2.45. The van der Waals surface area contributed by atoms with Gasteiger partial charge in [0.1, 0.15) is 10.4 Å². The van der Waals surface area contributed by atoms with Crippen LogP contribution in [0.3, 0.4) is 0 Å². The quantitative estimate of drug-likeness (QED) is 0.853. The van der Waals surface area contributed by atoms with Crippen LogP contribution in [0.25, 0.3) is 0 Å². The van der Waals surface area contributed by atoms with Crippen molar-refractivity contribution in [2.45, 2.75) is 50.7 Å². The first kappa shape index (κ1) is 16.8. The van der Waals surface area contributed by atoms with E-state index in [-0.39, 0.29) is 0 Å². The number of ether oxygens (including phenoxy) is 1. The molecular weight excluding hydrogens is 324 g/mol. The molecule has 0 unspecified atom stereocenters. The summed E-state index contributed by atoms with van der Waals surface area (Å²) in [6, 6.07) is 5.35. The molecule has 1 amide bonds. The third kappa shape index (κ3) is 3.99. The van der Waals surface area contributed by atoms with Gasteiger partial charge in [0.25, 0.3) is 5.91 Å². The third-order valence-electron chi connectivity index (χ3n) is 3.71. The van der Waals surface area contributed by atoms with Gasteiger partial charge in [-0.1, -0.05) is 30.9 Å². The molecule has 1 aliphatic rings. The summed E-state index contributed by atoms with van der Waals surface area (Å²) in [7, 11) is 0. The molecule has 0 saturated heterocycles. The maximum atomic E-state index is 12.2. The van der Waals surface area contributed by atoms with Crippen molar-refractivity contribution in [1.82, 2.24) is 5.32 Å². The van der Waals surface area contributed by atoms with E-state index in [1.54, 1.807) is 12.1 Å². The first-order valence-electron chi connectivity index (χ1n) is 7.15. The van der Waals surface area contributed by atoms with Crippen molar-refractivity contribution < 1.29 is 14.3 Å². The largest absolute Gasteiger partial charge is 0.448 e. The molecule has 7 heteroatoms. The van der Waals surface area contributed by atoms with Crippen molar-refractivity contribution in [1.29, 1.82) is 5.26 Å². The Morgan fingerprint density at radius 3 is 2.64 bits per heavy atom. The highest BCUT2D eigenvalue weighted by molar-refractivity contribution is 7.17. The van der Waals surface area contributed by atoms with Crippen molar-refractivity contribution in [3.8, 4) is 6.07 Å². The fourth-order valence-corrected chi connectivity index (χ4v) is 3.38. The van der Waals surface area contributed by atoms with Crippen LogP contribution in [0.4, 0.5) is 0 Å². The summed E-state index contributed by atoms with van der Waals surface area (Å²) in [5, 5.41) is 12.1. The van der Waals surface area contributed by atoms with Crippen molar-refractivity contribution in [3.05, 3.63) is 21.3 Å². The number of nitriles is 1. The number of halogens is 1. The van der Waals surface area contributed by atoms with E-state index in [0.29, 0.717) is 22.1 Å². The van der Waals surface area contributed by atoms with Gasteiger partial charge in [-0.25, -0.2) is 4.79 Å². The zero-order valence-corrected chi connectivity index (χ0v) is 13.8. The second kappa shape index (κ2) is 7.12. The molecule has 1 aromatic rings. The lowest BCUT2D eigenvalue weighted by atomic mass is 9.83. The molecule has 2 rings (SSSR count). The number of hydrogen-bond donors (Lipinski definition) is 1. The Kier molecular flexibility index (Phi) is 5.43. The summed E-state index contributed by atoms with van der Waals surface area (Å²) < 4.78 is 5.62. The molecule has 0 aromatic carbocycles. The number of nitrogens with one attached hydrogen (secondary N) is 1. The average Bonchev–Trinajstić information content (AvgIpc) is 2.94. The number of carbonyl (C=O) groups is 2. The van der Waals surface area contributed by atoms with Gasteiger partial charge >= 0.3 is 5.97 Å². The van der Waals surface area contributed by atoms with Gasteiger partial charge in [0.2, 0.25) is 0 Å². The highest BCUT2D eigenvalue weighted by Crippen LogP contribution is 2.28. The fraction of sp³-hybridized carbons (Fsp3) is 0.533. The summed E-state index contributed by atoms with van der Waals surface area (Å²) in [5.74, 6) is -1.03. The molecule has 118 valence electrons. The Balaban J connectivity index is 1.94. The maximum absolute atomic E-state index is 12.2. The van der Waals surface area contributed by atoms with Gasteiger partial charge in [-0.3, -0.25) is 4.79 Å². The highest BCUT2D eigenvalue weighted by atomic mass is 35.5. The van der Waals surface area contributed by atoms with Crippen LogP contribution < -0.4 is 5.32 Å². The van der Waals surface area contributed by atoms with Crippen molar-refractivity contribution in [3.63, 3.8) is 0 Å². The number of esters is 1. The second-order valence-electron chi connectivity index (χ2n) is 5.40. The number of amides is 1. The molecule has 1 aliphatic carbocycles. The summed E-state index contributed by atoms with van der Waals surface area (Å²) in [6.07, 6.45) is 3.21. The number of hydrogen-bond acceptors (Lipinski definition) is 5. The predicted octanol–water partition coefficient (Wildman–Crippen LogP) is 3.29. The molecule has 1 saturated carbocycles. The molecule has 1 aromatic heterocycles. The van der Waals surface area contributed by atoms with E-state index in [1.807, 2.05) is 0 Å². The third-order valence-corrected chi connectivity index (χ3v) is 4.92. The van der Waals surface area contributed by atoms with Crippen LogP contribution in [0.2, 0.25) is 4.34 Å². The van der Waals surface area contributed by atoms with E-state index in [9.17, 15) is 14.9 Å². The van der Waals surface area contributed by atoms with E-state index in [0.717, 1.165) is 30.6 Å². The monoisotopic (exact) mass is 340 g/mol. The minimum absolute atomic E-state index is 0.345. The summed E-state index contributed by atoms with van der Waals surface area (Å²) in [5.41, 5.74) is -0.831. The van der Waals surface area contributed by atoms with Crippen LogP contribution in [0, 0.1) is 11.3 Å². The van der Waals surface area contributed by atoms with E-state index in [2.05, 4.69) is 11.4 Å². The van der Waals surface area contributed by atoms with Gasteiger partial charge in [-0.2, -0.15) is 5.26 Å². The Hall–Kier alpha value is -1.58. The minimum Gasteiger partial charge on any atom is -0.448 e. The van der Waals surface area contributed by atoms with E-state index in [1.165, 1.54) is 6.92 Å². The second-order valence-corrected chi connectivity index (χ2v) is 7.11. The van der Waals surface area contributed by atoms with Crippen LogP contribution in [0.1, 0.15) is 48.7 Å². The number of carbonyl (C=O) groups excluding carboxylic acids is 2. The highest BCUT2D eigenvalue weighted by Gasteiger charge is 2.35. The first-order chi connectivity index (χ1) is 10.5. The van der Waals surface area contributed by atoms with Gasteiger partial charge in [-0.05, 0) is 31.9 Å². The van der Waals surface area contributed by atoms with Crippen molar-refractivity contribution in [2.24, 2.45) is 0 Å². The lowest BCUT2D eigenvalue weighted by Crippen LogP contribution is -2.52. The molecule has 1 atom stereocenters. The number of rotatable bonds is 4. The Morgan fingerprint density at radius 2 is 2.09 bits per heavy atom. The molecule has 1 N–H and O–H groups in total. The molecule has 1 fully saturated rings. The molecule has 1 heterocycles. The molecular formula is C15H17ClN2O3S. The van der Waals surface area contributed by atoms with Crippen LogP contribution in [0.15, 0.2) is 12.1 Å². The number of thiophene rings is 1. The van der Waals surface area contributed by atoms with Crippen LogP contribution in [-0.4, -0.2) is 23.5 Å². The van der Waals surface area contributed by atoms with Gasteiger partial charge < -0.3 is 10.1 Å². The standard InChI is InChI=1S/C15H17ClN2O3S/c1-10(21-14(20)11-5-6-12(16)22-11)13(19)18-15(9-17)7-3-2-4-8-15/h5-6,10H,2-4,7-8H2,1H3,(H,18,19)/t10-/m0/s1. The SMILES string of the molecule is C[C@H](OC(=O)c1ccc(Cl)s1)C(=O)NC1(C#N)CCCCC1. The molecule has 0 radical (unpaired) electrons. The lowest BCUT2D eigenvalue weighted by molar-refractivity contribution is -0.130. The normalized spacial score (nSPS) is 18.0. The first-order valence-corrected chi connectivity index (χ1v) is 8.35. The number of nitrogens with zero attached hydrogens (tertiary/aromatic N) is 1. The Morgan fingerprint density at radius 1 is 1.41 bits per heavy atom. The summed E-state index contributed by atoms with van der Waals surface area (Å²) in [6.45, 7) is 1.50. The Bertz CT molecular complexity index is 602. The zero-order chi connectivity index (χ0) is 16.2. The van der Waals surface area contributed by atoms with Gasteiger partial charge in [0.15, 0.2) is 6.10 Å². The molecule has 22 heavy (non-hydrogen) atoms. The van der Waals surface area contributed by atoms with Crippen LogP contribution in [-0.2, 0) is 9.53 Å². The lowest BCUT2D eigenvalue weighted by Gasteiger charge is -2.32. The summed E-state index contributed by atoms with van der Waals surface area (Å²) in [4.78, 5) is 24.4. The summed E-state index contributed by atoms with van der Waals surface area (Å²) >= 11 is 6.86. The smallest absolute Gasteiger partial charge is 0.349 e. The van der Waals surface area contributed by atoms with Crippen molar-refractivity contribution in [2.75, 3.05) is 0 Å².